The fourth-order valence-corrected chi connectivity index (χ4v) is 4.07. The molecule has 0 spiro atoms. The van der Waals surface area contributed by atoms with Gasteiger partial charge in [0.1, 0.15) is 7.05 Å². The lowest BCUT2D eigenvalue weighted by Crippen LogP contribution is -2.30. The minimum atomic E-state index is 1.24. The monoisotopic (exact) mass is 334 g/mol. The van der Waals surface area contributed by atoms with E-state index in [-0.39, 0.29) is 0 Å². The molecule has 0 amide bonds. The van der Waals surface area contributed by atoms with Crippen LogP contribution in [0.25, 0.3) is 43.6 Å². The van der Waals surface area contributed by atoms with Crippen LogP contribution in [0.1, 0.15) is 5.56 Å². The number of hydrogen-bond acceptors (Lipinski definition) is 0. The van der Waals surface area contributed by atoms with Crippen LogP contribution in [0.2, 0.25) is 0 Å². The minimum absolute atomic E-state index is 1.24. The molecule has 0 aliphatic heterocycles. The Morgan fingerprint density at radius 1 is 0.654 bits per heavy atom. The van der Waals surface area contributed by atoms with E-state index in [9.17, 15) is 0 Å². The number of benzene rings is 4. The quantitative estimate of drug-likeness (QED) is 0.263. The maximum Gasteiger partial charge on any atom is 0.212 e. The van der Waals surface area contributed by atoms with E-state index in [0.717, 1.165) is 0 Å². The SMILES string of the molecule is Cc1cc2c(ccc3ccc4ccccc4c32)cc1-c1cccc[n+]1C. The van der Waals surface area contributed by atoms with Crippen LogP contribution in [0.4, 0.5) is 0 Å². The number of aromatic nitrogens is 1. The van der Waals surface area contributed by atoms with Gasteiger partial charge in [0.2, 0.25) is 5.69 Å². The molecule has 0 saturated carbocycles. The Kier molecular flexibility index (Phi) is 3.29. The number of hydrogen-bond donors (Lipinski definition) is 0. The first kappa shape index (κ1) is 15.1. The van der Waals surface area contributed by atoms with Crippen LogP contribution < -0.4 is 4.57 Å². The van der Waals surface area contributed by atoms with E-state index in [1.807, 2.05) is 0 Å². The van der Waals surface area contributed by atoms with Gasteiger partial charge in [0.25, 0.3) is 0 Å². The van der Waals surface area contributed by atoms with Gasteiger partial charge in [-0.3, -0.25) is 0 Å². The van der Waals surface area contributed by atoms with E-state index in [4.69, 9.17) is 0 Å². The van der Waals surface area contributed by atoms with Gasteiger partial charge in [-0.05, 0) is 63.0 Å². The van der Waals surface area contributed by atoms with Crippen molar-refractivity contribution in [1.82, 2.24) is 0 Å². The van der Waals surface area contributed by atoms with E-state index in [0.29, 0.717) is 0 Å². The molecule has 1 heteroatoms. The molecule has 0 unspecified atom stereocenters. The highest BCUT2D eigenvalue weighted by Gasteiger charge is 2.14. The zero-order valence-corrected chi connectivity index (χ0v) is 15.0. The first-order valence-corrected chi connectivity index (χ1v) is 9.02. The molecule has 124 valence electrons. The highest BCUT2D eigenvalue weighted by molar-refractivity contribution is 6.20. The Balaban J connectivity index is 1.90. The number of nitrogens with zero attached hydrogens (tertiary/aromatic N) is 1. The minimum Gasteiger partial charge on any atom is -0.201 e. The van der Waals surface area contributed by atoms with Gasteiger partial charge in [0, 0.05) is 17.7 Å². The van der Waals surface area contributed by atoms with E-state index in [1.165, 1.54) is 49.1 Å². The van der Waals surface area contributed by atoms with Crippen molar-refractivity contribution >= 4 is 32.3 Å². The van der Waals surface area contributed by atoms with Crippen LogP contribution >= 0.6 is 0 Å². The first-order valence-electron chi connectivity index (χ1n) is 9.02. The van der Waals surface area contributed by atoms with Crippen molar-refractivity contribution in [2.45, 2.75) is 6.92 Å². The molecule has 0 saturated heterocycles. The third kappa shape index (κ3) is 2.21. The van der Waals surface area contributed by atoms with Crippen LogP contribution in [0.3, 0.4) is 0 Å². The molecule has 0 N–H and O–H groups in total. The third-order valence-corrected chi connectivity index (χ3v) is 5.40. The van der Waals surface area contributed by atoms with Gasteiger partial charge in [-0.1, -0.05) is 48.5 Å². The van der Waals surface area contributed by atoms with E-state index in [2.05, 4.69) is 104 Å². The molecule has 4 aromatic carbocycles. The molecule has 26 heavy (non-hydrogen) atoms. The summed E-state index contributed by atoms with van der Waals surface area (Å²) in [5.74, 6) is 0. The topological polar surface area (TPSA) is 3.88 Å². The number of pyridine rings is 1. The van der Waals surface area contributed by atoms with Crippen molar-refractivity contribution in [2.24, 2.45) is 7.05 Å². The van der Waals surface area contributed by atoms with Crippen LogP contribution in [-0.4, -0.2) is 0 Å². The highest BCUT2D eigenvalue weighted by atomic mass is 14.9. The van der Waals surface area contributed by atoms with E-state index < -0.39 is 0 Å². The molecule has 1 aromatic heterocycles. The standard InChI is InChI=1S/C25H20N/c1-17-15-23-20(16-22(17)24-9-5-6-14-26(24)2)13-12-19-11-10-18-7-3-4-8-21(18)25(19)23/h3-16H,1-2H3/q+1. The first-order chi connectivity index (χ1) is 12.7. The van der Waals surface area contributed by atoms with Crippen molar-refractivity contribution in [1.29, 1.82) is 0 Å². The normalized spacial score (nSPS) is 11.5. The zero-order chi connectivity index (χ0) is 17.7. The van der Waals surface area contributed by atoms with Crippen LogP contribution in [0.5, 0.6) is 0 Å². The second kappa shape index (κ2) is 5.67. The zero-order valence-electron chi connectivity index (χ0n) is 15.0. The fourth-order valence-electron chi connectivity index (χ4n) is 4.07. The highest BCUT2D eigenvalue weighted by Crippen LogP contribution is 2.35. The van der Waals surface area contributed by atoms with Crippen molar-refractivity contribution in [3.8, 4) is 11.3 Å². The van der Waals surface area contributed by atoms with Crippen molar-refractivity contribution in [2.75, 3.05) is 0 Å². The molecular formula is C25H20N+. The van der Waals surface area contributed by atoms with Gasteiger partial charge in [0.15, 0.2) is 6.20 Å². The van der Waals surface area contributed by atoms with Crippen LogP contribution in [0, 0.1) is 6.92 Å². The fraction of sp³-hybridized carbons (Fsp3) is 0.0800. The predicted octanol–water partition coefficient (Wildman–Crippen LogP) is 5.95. The van der Waals surface area contributed by atoms with Crippen molar-refractivity contribution < 1.29 is 4.57 Å². The molecule has 5 rings (SSSR count). The molecule has 0 atom stereocenters. The summed E-state index contributed by atoms with van der Waals surface area (Å²) in [5, 5.41) is 7.90. The van der Waals surface area contributed by atoms with Crippen molar-refractivity contribution in [3.63, 3.8) is 0 Å². The number of aryl methyl sites for hydroxylation is 2. The van der Waals surface area contributed by atoms with E-state index >= 15 is 0 Å². The van der Waals surface area contributed by atoms with Gasteiger partial charge in [-0.25, -0.2) is 4.57 Å². The van der Waals surface area contributed by atoms with Gasteiger partial charge in [-0.15, -0.1) is 0 Å². The summed E-state index contributed by atoms with van der Waals surface area (Å²) in [6.07, 6.45) is 2.10. The summed E-state index contributed by atoms with van der Waals surface area (Å²) in [4.78, 5) is 0. The number of fused-ring (bicyclic) bond motifs is 5. The lowest BCUT2D eigenvalue weighted by Gasteiger charge is -2.11. The molecule has 0 aliphatic rings. The molecule has 0 bridgehead atoms. The second-order valence-electron chi connectivity index (χ2n) is 7.04. The summed E-state index contributed by atoms with van der Waals surface area (Å²) in [7, 11) is 2.10. The Labute approximate surface area is 153 Å². The average Bonchev–Trinajstić information content (AvgIpc) is 2.67. The molecule has 1 heterocycles. The summed E-state index contributed by atoms with van der Waals surface area (Å²) in [5.41, 5.74) is 3.84. The molecule has 1 nitrogen and oxygen atoms in total. The largest absolute Gasteiger partial charge is 0.212 e. The number of rotatable bonds is 1. The summed E-state index contributed by atoms with van der Waals surface area (Å²) >= 11 is 0. The van der Waals surface area contributed by atoms with Gasteiger partial charge < -0.3 is 0 Å². The predicted molar refractivity (Wildman–Crippen MR) is 110 cm³/mol. The molecule has 0 radical (unpaired) electrons. The Morgan fingerprint density at radius 3 is 2.23 bits per heavy atom. The smallest absolute Gasteiger partial charge is 0.201 e. The maximum absolute atomic E-state index is 2.35. The summed E-state index contributed by atoms with van der Waals surface area (Å²) in [6, 6.07) is 28.7. The molecule has 0 aliphatic carbocycles. The van der Waals surface area contributed by atoms with Crippen LogP contribution in [0.15, 0.2) is 85.1 Å². The summed E-state index contributed by atoms with van der Waals surface area (Å²) in [6.45, 7) is 2.21. The molecule has 0 fully saturated rings. The second-order valence-corrected chi connectivity index (χ2v) is 7.04. The van der Waals surface area contributed by atoms with Gasteiger partial charge in [0.05, 0.1) is 0 Å². The molecular weight excluding hydrogens is 314 g/mol. The third-order valence-electron chi connectivity index (χ3n) is 5.40. The van der Waals surface area contributed by atoms with Crippen LogP contribution in [-0.2, 0) is 7.05 Å². The van der Waals surface area contributed by atoms with Gasteiger partial charge >= 0.3 is 0 Å². The van der Waals surface area contributed by atoms with Gasteiger partial charge in [-0.2, -0.15) is 0 Å². The lowest BCUT2D eigenvalue weighted by molar-refractivity contribution is -0.660. The Hall–Kier alpha value is -3.19. The molecule has 5 aromatic rings. The van der Waals surface area contributed by atoms with E-state index in [1.54, 1.807) is 0 Å². The average molecular weight is 334 g/mol. The Bertz CT molecular complexity index is 1300. The Morgan fingerprint density at radius 2 is 1.38 bits per heavy atom. The van der Waals surface area contributed by atoms with Crippen molar-refractivity contribution in [3.05, 3.63) is 90.6 Å². The maximum atomic E-state index is 2.35. The summed E-state index contributed by atoms with van der Waals surface area (Å²) < 4.78 is 2.19. The lowest BCUT2D eigenvalue weighted by atomic mass is 9.93.